The van der Waals surface area contributed by atoms with Crippen molar-refractivity contribution in [2.75, 3.05) is 27.2 Å². The van der Waals surface area contributed by atoms with Gasteiger partial charge in [-0.05, 0) is 57.0 Å². The number of nitrogens with zero attached hydrogens (tertiary/aromatic N) is 3. The van der Waals surface area contributed by atoms with E-state index >= 15 is 0 Å². The van der Waals surface area contributed by atoms with Crippen molar-refractivity contribution in [1.29, 1.82) is 0 Å². The lowest BCUT2D eigenvalue weighted by Gasteiger charge is -2.32. The van der Waals surface area contributed by atoms with Gasteiger partial charge in [0.25, 0.3) is 5.91 Å². The number of amides is 1. The molecular weight excluding hydrogens is 300 g/mol. The van der Waals surface area contributed by atoms with Gasteiger partial charge < -0.3 is 9.80 Å². The van der Waals surface area contributed by atoms with Gasteiger partial charge in [0.1, 0.15) is 0 Å². The lowest BCUT2D eigenvalue weighted by Crippen LogP contribution is -2.38. The third-order valence-corrected chi connectivity index (χ3v) is 4.83. The minimum absolute atomic E-state index is 0.162. The van der Waals surface area contributed by atoms with Crippen molar-refractivity contribution >= 4 is 5.91 Å². The number of carbonyl (C=O) groups is 1. The van der Waals surface area contributed by atoms with Crippen molar-refractivity contribution in [3.8, 4) is 0 Å². The van der Waals surface area contributed by atoms with Crippen LogP contribution in [0, 0.1) is 6.92 Å². The number of nitrogens with one attached hydrogen (secondary N) is 1. The maximum atomic E-state index is 13.0. The largest absolute Gasteiger partial charge is 0.339 e. The molecule has 24 heavy (non-hydrogen) atoms. The third kappa shape index (κ3) is 3.51. The Morgan fingerprint density at radius 2 is 2.00 bits per heavy atom. The minimum atomic E-state index is 0.162. The summed E-state index contributed by atoms with van der Waals surface area (Å²) in [6.07, 6.45) is 3.94. The van der Waals surface area contributed by atoms with E-state index in [4.69, 9.17) is 0 Å². The van der Waals surface area contributed by atoms with Crippen LogP contribution < -0.4 is 0 Å². The topological polar surface area (TPSA) is 52.2 Å². The predicted octanol–water partition coefficient (Wildman–Crippen LogP) is 2.80. The number of carbonyl (C=O) groups excluding carboxylic acids is 1. The van der Waals surface area contributed by atoms with Gasteiger partial charge in [0.15, 0.2) is 0 Å². The van der Waals surface area contributed by atoms with Crippen molar-refractivity contribution in [2.45, 2.75) is 32.2 Å². The average molecular weight is 326 g/mol. The predicted molar refractivity (Wildman–Crippen MR) is 95.0 cm³/mol. The van der Waals surface area contributed by atoms with Crippen LogP contribution in [0.25, 0.3) is 0 Å². The second-order valence-electron chi connectivity index (χ2n) is 6.91. The summed E-state index contributed by atoms with van der Waals surface area (Å²) in [7, 11) is 4.06. The van der Waals surface area contributed by atoms with Gasteiger partial charge in [0.2, 0.25) is 0 Å². The minimum Gasteiger partial charge on any atom is -0.339 e. The molecule has 0 bridgehead atoms. The summed E-state index contributed by atoms with van der Waals surface area (Å²) in [6.45, 7) is 4.47. The van der Waals surface area contributed by atoms with Gasteiger partial charge in [-0.1, -0.05) is 18.2 Å². The van der Waals surface area contributed by atoms with Crippen molar-refractivity contribution in [1.82, 2.24) is 20.0 Å². The number of aromatic nitrogens is 2. The van der Waals surface area contributed by atoms with Crippen LogP contribution in [-0.2, 0) is 6.54 Å². The van der Waals surface area contributed by atoms with E-state index in [-0.39, 0.29) is 5.91 Å². The molecule has 0 atom stereocenters. The highest BCUT2D eigenvalue weighted by atomic mass is 16.2. The molecule has 1 N–H and O–H groups in total. The first kappa shape index (κ1) is 16.7. The summed E-state index contributed by atoms with van der Waals surface area (Å²) < 4.78 is 0. The Kier molecular flexibility index (Phi) is 5.00. The molecule has 0 unspecified atom stereocenters. The summed E-state index contributed by atoms with van der Waals surface area (Å²) in [6, 6.07) is 7.96. The zero-order valence-electron chi connectivity index (χ0n) is 14.7. The van der Waals surface area contributed by atoms with Crippen molar-refractivity contribution in [3.63, 3.8) is 0 Å². The normalized spacial score (nSPS) is 15.9. The maximum absolute atomic E-state index is 13.0. The lowest BCUT2D eigenvalue weighted by molar-refractivity contribution is 0.0711. The summed E-state index contributed by atoms with van der Waals surface area (Å²) >= 11 is 0. The number of rotatable bonds is 4. The molecule has 1 aromatic carbocycles. The van der Waals surface area contributed by atoms with E-state index in [9.17, 15) is 4.79 Å². The fraction of sp³-hybridized carbons (Fsp3) is 0.474. The molecule has 1 amide bonds. The van der Waals surface area contributed by atoms with Crippen LogP contribution in [0.2, 0.25) is 0 Å². The van der Waals surface area contributed by atoms with Crippen molar-refractivity contribution in [2.24, 2.45) is 0 Å². The van der Waals surface area contributed by atoms with Crippen LogP contribution in [0.15, 0.2) is 30.5 Å². The molecule has 1 aliphatic heterocycles. The van der Waals surface area contributed by atoms with Crippen LogP contribution in [0.1, 0.15) is 45.9 Å². The molecule has 1 aliphatic rings. The number of H-pyrrole nitrogens is 1. The first-order chi connectivity index (χ1) is 11.6. The Bertz CT molecular complexity index is 699. The van der Waals surface area contributed by atoms with Gasteiger partial charge in [-0.15, -0.1) is 0 Å². The van der Waals surface area contributed by atoms with Crippen LogP contribution in [0.5, 0.6) is 0 Å². The molecule has 0 spiro atoms. The zero-order valence-corrected chi connectivity index (χ0v) is 14.7. The molecule has 1 fully saturated rings. The third-order valence-electron chi connectivity index (χ3n) is 4.83. The van der Waals surface area contributed by atoms with Crippen LogP contribution in [0.4, 0.5) is 0 Å². The van der Waals surface area contributed by atoms with E-state index in [1.807, 2.05) is 43.4 Å². The average Bonchev–Trinajstić information content (AvgIpc) is 3.00. The van der Waals surface area contributed by atoms with Gasteiger partial charge in [-0.2, -0.15) is 5.10 Å². The molecule has 1 aromatic heterocycles. The van der Waals surface area contributed by atoms with Crippen LogP contribution in [0.3, 0.4) is 0 Å². The molecule has 3 rings (SSSR count). The van der Waals surface area contributed by atoms with Gasteiger partial charge in [-0.25, -0.2) is 0 Å². The van der Waals surface area contributed by atoms with Crippen LogP contribution >= 0.6 is 0 Å². The molecule has 0 aliphatic carbocycles. The summed E-state index contributed by atoms with van der Waals surface area (Å²) in [5, 5.41) is 7.14. The Morgan fingerprint density at radius 3 is 2.62 bits per heavy atom. The fourth-order valence-electron chi connectivity index (χ4n) is 3.54. The highest BCUT2D eigenvalue weighted by molar-refractivity contribution is 5.95. The van der Waals surface area contributed by atoms with Crippen molar-refractivity contribution in [3.05, 3.63) is 52.8 Å². The lowest BCUT2D eigenvalue weighted by atomic mass is 9.89. The van der Waals surface area contributed by atoms with Gasteiger partial charge >= 0.3 is 0 Å². The number of likely N-dealkylation sites (tertiary alicyclic amines) is 1. The highest BCUT2D eigenvalue weighted by Gasteiger charge is 2.26. The SMILES string of the molecule is Cc1[nH]ncc1C1CCN(C(=O)c2ccccc2CN(C)C)CC1. The molecule has 2 heterocycles. The summed E-state index contributed by atoms with van der Waals surface area (Å²) in [5.41, 5.74) is 4.38. The summed E-state index contributed by atoms with van der Waals surface area (Å²) in [5.74, 6) is 0.666. The number of hydrogen-bond acceptors (Lipinski definition) is 3. The van der Waals surface area contributed by atoms with Gasteiger partial charge in [-0.3, -0.25) is 9.89 Å². The number of piperidine rings is 1. The van der Waals surface area contributed by atoms with Gasteiger partial charge in [0.05, 0.1) is 6.20 Å². The number of benzene rings is 1. The number of hydrogen-bond donors (Lipinski definition) is 1. The second-order valence-corrected chi connectivity index (χ2v) is 6.91. The Balaban J connectivity index is 1.69. The first-order valence-electron chi connectivity index (χ1n) is 8.58. The van der Waals surface area contributed by atoms with Gasteiger partial charge in [0, 0.05) is 30.9 Å². The Hall–Kier alpha value is -2.14. The van der Waals surface area contributed by atoms with E-state index in [0.717, 1.165) is 49.3 Å². The monoisotopic (exact) mass is 326 g/mol. The maximum Gasteiger partial charge on any atom is 0.254 e. The highest BCUT2D eigenvalue weighted by Crippen LogP contribution is 2.30. The second kappa shape index (κ2) is 7.18. The molecule has 2 aromatic rings. The summed E-state index contributed by atoms with van der Waals surface area (Å²) in [4.78, 5) is 17.0. The van der Waals surface area contributed by atoms with E-state index < -0.39 is 0 Å². The molecular formula is C19H26N4O. The molecule has 0 radical (unpaired) electrons. The fourth-order valence-corrected chi connectivity index (χ4v) is 3.54. The van der Waals surface area contributed by atoms with E-state index in [1.165, 1.54) is 5.56 Å². The molecule has 5 nitrogen and oxygen atoms in total. The number of aromatic amines is 1. The standard InChI is InChI=1S/C19H26N4O/c1-14-18(12-20-21-14)15-8-10-23(11-9-15)19(24)17-7-5-4-6-16(17)13-22(2)3/h4-7,12,15H,8-11,13H2,1-3H3,(H,20,21). The molecule has 0 saturated carbocycles. The zero-order chi connectivity index (χ0) is 17.1. The molecule has 5 heteroatoms. The Labute approximate surface area is 143 Å². The van der Waals surface area contributed by atoms with Crippen molar-refractivity contribution < 1.29 is 4.79 Å². The molecule has 128 valence electrons. The quantitative estimate of drug-likeness (QED) is 0.940. The smallest absolute Gasteiger partial charge is 0.254 e. The van der Waals surface area contributed by atoms with E-state index in [0.29, 0.717) is 5.92 Å². The first-order valence-corrected chi connectivity index (χ1v) is 8.58. The Morgan fingerprint density at radius 1 is 1.29 bits per heavy atom. The van der Waals surface area contributed by atoms with E-state index in [2.05, 4.69) is 28.1 Å². The van der Waals surface area contributed by atoms with Crippen LogP contribution in [-0.4, -0.2) is 53.1 Å². The number of aryl methyl sites for hydroxylation is 1. The van der Waals surface area contributed by atoms with E-state index in [1.54, 1.807) is 0 Å². The molecule has 1 saturated heterocycles.